The molecule has 1 aromatic carbocycles. The molecule has 1 saturated heterocycles. The molecule has 1 N–H and O–H groups in total. The van der Waals surface area contributed by atoms with Gasteiger partial charge in [-0.2, -0.15) is 0 Å². The molecule has 2 nitrogen and oxygen atoms in total. The molecule has 1 aromatic rings. The van der Waals surface area contributed by atoms with E-state index in [9.17, 15) is 0 Å². The molecule has 2 atom stereocenters. The molecule has 21 heavy (non-hydrogen) atoms. The summed E-state index contributed by atoms with van der Waals surface area (Å²) < 4.78 is 0. The Bertz CT molecular complexity index is 416. The molecule has 0 radical (unpaired) electrons. The zero-order chi connectivity index (χ0) is 15.4. The predicted molar refractivity (Wildman–Crippen MR) is 91.8 cm³/mol. The van der Waals surface area contributed by atoms with E-state index in [1.54, 1.807) is 0 Å². The molecule has 0 amide bonds. The van der Waals surface area contributed by atoms with Crippen LogP contribution in [0.3, 0.4) is 0 Å². The van der Waals surface area contributed by atoms with E-state index in [1.807, 2.05) is 0 Å². The number of hydrogen-bond acceptors (Lipinski definition) is 2. The average molecular weight is 288 g/mol. The van der Waals surface area contributed by atoms with Crippen molar-refractivity contribution < 1.29 is 0 Å². The van der Waals surface area contributed by atoms with Crippen molar-refractivity contribution in [3.63, 3.8) is 0 Å². The Balaban J connectivity index is 1.89. The van der Waals surface area contributed by atoms with E-state index < -0.39 is 0 Å². The number of nitrogens with zero attached hydrogens (tertiary/aromatic N) is 1. The highest BCUT2D eigenvalue weighted by Crippen LogP contribution is 2.23. The number of rotatable bonds is 5. The van der Waals surface area contributed by atoms with Crippen LogP contribution in [0.5, 0.6) is 0 Å². The van der Waals surface area contributed by atoms with E-state index in [2.05, 4.69) is 69.2 Å². The first-order chi connectivity index (χ1) is 9.97. The van der Waals surface area contributed by atoms with Gasteiger partial charge >= 0.3 is 0 Å². The molecule has 0 spiro atoms. The third-order valence-corrected chi connectivity index (χ3v) is 5.09. The largest absolute Gasteiger partial charge is 0.307 e. The van der Waals surface area contributed by atoms with Gasteiger partial charge in [0.2, 0.25) is 0 Å². The van der Waals surface area contributed by atoms with Crippen LogP contribution in [0.4, 0.5) is 0 Å². The summed E-state index contributed by atoms with van der Waals surface area (Å²) in [6, 6.07) is 10.2. The standard InChI is InChI=1S/C19H32N2/c1-14(2)17-6-8-18(9-7-17)15(3)20-16(4)19-10-12-21(5)13-11-19/h6-9,14-16,19-20H,10-13H2,1-5H3. The predicted octanol–water partition coefficient (Wildman–Crippen LogP) is 4.19. The minimum Gasteiger partial charge on any atom is -0.307 e. The molecule has 0 bridgehead atoms. The van der Waals surface area contributed by atoms with Crippen LogP contribution in [0, 0.1) is 5.92 Å². The summed E-state index contributed by atoms with van der Waals surface area (Å²) in [6.07, 6.45) is 2.65. The lowest BCUT2D eigenvalue weighted by Gasteiger charge is -2.34. The van der Waals surface area contributed by atoms with Gasteiger partial charge in [-0.15, -0.1) is 0 Å². The zero-order valence-corrected chi connectivity index (χ0v) is 14.4. The van der Waals surface area contributed by atoms with Crippen molar-refractivity contribution in [3.05, 3.63) is 35.4 Å². The highest BCUT2D eigenvalue weighted by Gasteiger charge is 2.23. The summed E-state index contributed by atoms with van der Waals surface area (Å²) in [5.74, 6) is 1.43. The quantitative estimate of drug-likeness (QED) is 0.874. The average Bonchev–Trinajstić information content (AvgIpc) is 2.47. The fourth-order valence-corrected chi connectivity index (χ4v) is 3.32. The molecule has 0 aliphatic carbocycles. The van der Waals surface area contributed by atoms with Crippen LogP contribution in [0.1, 0.15) is 63.6 Å². The zero-order valence-electron chi connectivity index (χ0n) is 14.4. The summed E-state index contributed by atoms with van der Waals surface area (Å²) >= 11 is 0. The second-order valence-corrected chi connectivity index (χ2v) is 7.14. The number of benzene rings is 1. The van der Waals surface area contributed by atoms with E-state index in [0.29, 0.717) is 18.0 Å². The first-order valence-corrected chi connectivity index (χ1v) is 8.51. The first kappa shape index (κ1) is 16.5. The van der Waals surface area contributed by atoms with Crippen LogP contribution in [0.2, 0.25) is 0 Å². The summed E-state index contributed by atoms with van der Waals surface area (Å²) in [7, 11) is 2.23. The third kappa shape index (κ3) is 4.55. The molecule has 2 heteroatoms. The minimum atomic E-state index is 0.431. The van der Waals surface area contributed by atoms with Crippen LogP contribution in [-0.4, -0.2) is 31.1 Å². The lowest BCUT2D eigenvalue weighted by Crippen LogP contribution is -2.41. The molecule has 1 aliphatic heterocycles. The highest BCUT2D eigenvalue weighted by atomic mass is 15.1. The Labute approximate surface area is 130 Å². The van der Waals surface area contributed by atoms with Gasteiger partial charge in [-0.3, -0.25) is 0 Å². The molecule has 0 aromatic heterocycles. The fraction of sp³-hybridized carbons (Fsp3) is 0.684. The van der Waals surface area contributed by atoms with Crippen LogP contribution >= 0.6 is 0 Å². The van der Waals surface area contributed by atoms with Crippen molar-refractivity contribution >= 4 is 0 Å². The van der Waals surface area contributed by atoms with E-state index in [-0.39, 0.29) is 0 Å². The summed E-state index contributed by atoms with van der Waals surface area (Å²) in [5, 5.41) is 3.81. The lowest BCUT2D eigenvalue weighted by atomic mass is 9.89. The number of nitrogens with one attached hydrogen (secondary N) is 1. The SMILES string of the molecule is CC(C)c1ccc(C(C)NC(C)C2CCN(C)CC2)cc1. The van der Waals surface area contributed by atoms with Gasteiger partial charge in [0.25, 0.3) is 0 Å². The third-order valence-electron chi connectivity index (χ3n) is 5.09. The van der Waals surface area contributed by atoms with Gasteiger partial charge < -0.3 is 10.2 Å². The Morgan fingerprint density at radius 2 is 1.48 bits per heavy atom. The van der Waals surface area contributed by atoms with E-state index in [1.165, 1.54) is 37.1 Å². The fourth-order valence-electron chi connectivity index (χ4n) is 3.32. The van der Waals surface area contributed by atoms with E-state index >= 15 is 0 Å². The van der Waals surface area contributed by atoms with E-state index in [0.717, 1.165) is 5.92 Å². The Morgan fingerprint density at radius 3 is 2.00 bits per heavy atom. The van der Waals surface area contributed by atoms with Gasteiger partial charge in [0.15, 0.2) is 0 Å². The number of hydrogen-bond donors (Lipinski definition) is 1. The van der Waals surface area contributed by atoms with Crippen molar-refractivity contribution in [2.45, 2.75) is 58.5 Å². The maximum absolute atomic E-state index is 3.81. The monoisotopic (exact) mass is 288 g/mol. The van der Waals surface area contributed by atoms with Gasteiger partial charge in [0.1, 0.15) is 0 Å². The molecule has 0 saturated carbocycles. The van der Waals surface area contributed by atoms with E-state index in [4.69, 9.17) is 0 Å². The topological polar surface area (TPSA) is 15.3 Å². The maximum atomic E-state index is 3.81. The molecule has 2 unspecified atom stereocenters. The molecule has 118 valence electrons. The maximum Gasteiger partial charge on any atom is 0.0294 e. The number of piperidine rings is 1. The molecule has 1 heterocycles. The summed E-state index contributed by atoms with van der Waals surface area (Å²) in [5.41, 5.74) is 2.83. The minimum absolute atomic E-state index is 0.431. The Hall–Kier alpha value is -0.860. The smallest absolute Gasteiger partial charge is 0.0294 e. The molecule has 1 aliphatic rings. The Kier molecular flexibility index (Phi) is 5.83. The van der Waals surface area contributed by atoms with Gasteiger partial charge in [0, 0.05) is 12.1 Å². The van der Waals surface area contributed by atoms with Crippen molar-refractivity contribution in [3.8, 4) is 0 Å². The molecule has 1 fully saturated rings. The van der Waals surface area contributed by atoms with Gasteiger partial charge in [-0.05, 0) is 69.8 Å². The van der Waals surface area contributed by atoms with Crippen LogP contribution in [0.25, 0.3) is 0 Å². The van der Waals surface area contributed by atoms with Crippen molar-refractivity contribution in [2.24, 2.45) is 5.92 Å². The summed E-state index contributed by atoms with van der Waals surface area (Å²) in [6.45, 7) is 11.6. The second-order valence-electron chi connectivity index (χ2n) is 7.14. The number of likely N-dealkylation sites (tertiary alicyclic amines) is 1. The Morgan fingerprint density at radius 1 is 0.952 bits per heavy atom. The molecular weight excluding hydrogens is 256 g/mol. The van der Waals surface area contributed by atoms with Crippen LogP contribution < -0.4 is 5.32 Å². The van der Waals surface area contributed by atoms with Crippen molar-refractivity contribution in [1.82, 2.24) is 10.2 Å². The second kappa shape index (κ2) is 7.42. The van der Waals surface area contributed by atoms with Crippen LogP contribution in [0.15, 0.2) is 24.3 Å². The highest BCUT2D eigenvalue weighted by molar-refractivity contribution is 5.26. The molecular formula is C19H32N2. The molecule has 2 rings (SSSR count). The van der Waals surface area contributed by atoms with Gasteiger partial charge in [-0.1, -0.05) is 38.1 Å². The van der Waals surface area contributed by atoms with Gasteiger partial charge in [-0.25, -0.2) is 0 Å². The normalized spacial score (nSPS) is 20.7. The summed E-state index contributed by atoms with van der Waals surface area (Å²) in [4.78, 5) is 2.44. The van der Waals surface area contributed by atoms with Crippen molar-refractivity contribution in [2.75, 3.05) is 20.1 Å². The van der Waals surface area contributed by atoms with Crippen molar-refractivity contribution in [1.29, 1.82) is 0 Å². The first-order valence-electron chi connectivity index (χ1n) is 8.51. The van der Waals surface area contributed by atoms with Crippen LogP contribution in [-0.2, 0) is 0 Å². The lowest BCUT2D eigenvalue weighted by molar-refractivity contribution is 0.185. The van der Waals surface area contributed by atoms with Gasteiger partial charge in [0.05, 0.1) is 0 Å².